The first kappa shape index (κ1) is 15.7. The van der Waals surface area contributed by atoms with Gasteiger partial charge in [0, 0.05) is 26.2 Å². The average molecular weight is 327 g/mol. The number of aromatic nitrogens is 2. The second kappa shape index (κ2) is 6.53. The lowest BCUT2D eigenvalue weighted by atomic mass is 10.2. The second-order valence-corrected chi connectivity index (χ2v) is 5.42. The molecule has 2 amide bonds. The fourth-order valence-electron chi connectivity index (χ4n) is 2.51. The lowest BCUT2D eigenvalue weighted by Gasteiger charge is -2.30. The third-order valence-corrected chi connectivity index (χ3v) is 3.72. The van der Waals surface area contributed by atoms with Gasteiger partial charge in [-0.3, -0.25) is 14.4 Å². The van der Waals surface area contributed by atoms with Crippen LogP contribution in [0, 0.1) is 0 Å². The van der Waals surface area contributed by atoms with Crippen LogP contribution in [0.5, 0.6) is 0 Å². The number of hydrogen-bond donors (Lipinski definition) is 2. The fraction of sp³-hybridized carbons (Fsp3) is 0.250. The summed E-state index contributed by atoms with van der Waals surface area (Å²) >= 11 is 0. The van der Waals surface area contributed by atoms with Crippen molar-refractivity contribution < 1.29 is 9.59 Å². The standard InChI is InChI=1S/C16H17N5O3/c1-20-15(23)7-6-12(19-20)16(24)18-11-4-2-3-5-13(11)21-9-8-17-14(22)10-21/h2-7H,8-10H2,1H3,(H,17,22)(H,18,24). The van der Waals surface area contributed by atoms with E-state index in [1.807, 2.05) is 17.0 Å². The summed E-state index contributed by atoms with van der Waals surface area (Å²) in [4.78, 5) is 37.3. The molecular weight excluding hydrogens is 310 g/mol. The van der Waals surface area contributed by atoms with Crippen molar-refractivity contribution >= 4 is 23.2 Å². The number of benzene rings is 1. The first-order valence-corrected chi connectivity index (χ1v) is 7.51. The van der Waals surface area contributed by atoms with Gasteiger partial charge in [0.1, 0.15) is 5.69 Å². The van der Waals surface area contributed by atoms with Crippen molar-refractivity contribution in [2.45, 2.75) is 0 Å². The molecule has 8 heteroatoms. The van der Waals surface area contributed by atoms with Crippen molar-refractivity contribution in [1.29, 1.82) is 0 Å². The summed E-state index contributed by atoms with van der Waals surface area (Å²) in [6.45, 7) is 1.46. The van der Waals surface area contributed by atoms with E-state index >= 15 is 0 Å². The zero-order valence-corrected chi connectivity index (χ0v) is 13.2. The highest BCUT2D eigenvalue weighted by Gasteiger charge is 2.20. The number of hydrogen-bond acceptors (Lipinski definition) is 5. The Hall–Kier alpha value is -3.16. The van der Waals surface area contributed by atoms with Gasteiger partial charge in [0.05, 0.1) is 17.9 Å². The third-order valence-electron chi connectivity index (χ3n) is 3.72. The average Bonchev–Trinajstić information content (AvgIpc) is 2.58. The number of anilines is 2. The fourth-order valence-corrected chi connectivity index (χ4v) is 2.51. The summed E-state index contributed by atoms with van der Waals surface area (Å²) in [5, 5.41) is 9.50. The highest BCUT2D eigenvalue weighted by atomic mass is 16.2. The molecule has 24 heavy (non-hydrogen) atoms. The highest BCUT2D eigenvalue weighted by Crippen LogP contribution is 2.26. The van der Waals surface area contributed by atoms with Crippen LogP contribution in [-0.2, 0) is 11.8 Å². The Kier molecular flexibility index (Phi) is 4.28. The van der Waals surface area contributed by atoms with Crippen LogP contribution in [0.3, 0.4) is 0 Å². The molecule has 1 saturated heterocycles. The second-order valence-electron chi connectivity index (χ2n) is 5.42. The summed E-state index contributed by atoms with van der Waals surface area (Å²) in [7, 11) is 1.49. The molecule has 0 saturated carbocycles. The minimum Gasteiger partial charge on any atom is -0.359 e. The van der Waals surface area contributed by atoms with Gasteiger partial charge in [-0.2, -0.15) is 5.10 Å². The van der Waals surface area contributed by atoms with Gasteiger partial charge in [0.25, 0.3) is 11.5 Å². The van der Waals surface area contributed by atoms with Crippen molar-refractivity contribution in [3.05, 3.63) is 52.4 Å². The van der Waals surface area contributed by atoms with Gasteiger partial charge < -0.3 is 15.5 Å². The summed E-state index contributed by atoms with van der Waals surface area (Å²) < 4.78 is 1.11. The summed E-state index contributed by atoms with van der Waals surface area (Å²) in [5.74, 6) is -0.471. The summed E-state index contributed by atoms with van der Waals surface area (Å²) in [6.07, 6.45) is 0. The number of amides is 2. The smallest absolute Gasteiger partial charge is 0.276 e. The maximum absolute atomic E-state index is 12.4. The molecule has 3 rings (SSSR count). The van der Waals surface area contributed by atoms with Crippen LogP contribution in [0.15, 0.2) is 41.2 Å². The van der Waals surface area contributed by atoms with E-state index in [2.05, 4.69) is 15.7 Å². The van der Waals surface area contributed by atoms with E-state index in [1.54, 1.807) is 12.1 Å². The first-order chi connectivity index (χ1) is 11.5. The molecule has 1 aromatic heterocycles. The first-order valence-electron chi connectivity index (χ1n) is 7.51. The minimum atomic E-state index is -0.417. The SMILES string of the molecule is Cn1nc(C(=O)Nc2ccccc2N2CCNC(=O)C2)ccc1=O. The Morgan fingerprint density at radius 3 is 2.75 bits per heavy atom. The van der Waals surface area contributed by atoms with Gasteiger partial charge in [-0.1, -0.05) is 12.1 Å². The van der Waals surface area contributed by atoms with E-state index in [-0.39, 0.29) is 23.7 Å². The zero-order valence-electron chi connectivity index (χ0n) is 13.2. The molecule has 2 aromatic rings. The van der Waals surface area contributed by atoms with Gasteiger partial charge >= 0.3 is 0 Å². The number of para-hydroxylation sites is 2. The molecule has 8 nitrogen and oxygen atoms in total. The van der Waals surface area contributed by atoms with Crippen molar-refractivity contribution in [2.75, 3.05) is 29.9 Å². The predicted octanol–water partition coefficient (Wildman–Crippen LogP) is -0.0312. The van der Waals surface area contributed by atoms with Crippen LogP contribution < -0.4 is 21.1 Å². The third kappa shape index (κ3) is 3.27. The zero-order chi connectivity index (χ0) is 17.1. The molecule has 0 radical (unpaired) electrons. The van der Waals surface area contributed by atoms with Crippen molar-refractivity contribution in [2.24, 2.45) is 7.05 Å². The Morgan fingerprint density at radius 1 is 1.21 bits per heavy atom. The van der Waals surface area contributed by atoms with Crippen LogP contribution in [0.2, 0.25) is 0 Å². The van der Waals surface area contributed by atoms with Gasteiger partial charge in [0.15, 0.2) is 0 Å². The number of carbonyl (C=O) groups is 2. The van der Waals surface area contributed by atoms with Crippen LogP contribution >= 0.6 is 0 Å². The maximum atomic E-state index is 12.4. The number of piperazine rings is 1. The Morgan fingerprint density at radius 2 is 2.00 bits per heavy atom. The lowest BCUT2D eigenvalue weighted by molar-refractivity contribution is -0.120. The van der Waals surface area contributed by atoms with Crippen molar-refractivity contribution in [3.63, 3.8) is 0 Å². The molecule has 0 atom stereocenters. The Labute approximate surface area is 138 Å². The number of nitrogens with zero attached hydrogens (tertiary/aromatic N) is 3. The van der Waals surface area contributed by atoms with E-state index < -0.39 is 5.91 Å². The maximum Gasteiger partial charge on any atom is 0.276 e. The highest BCUT2D eigenvalue weighted by molar-refractivity contribution is 6.04. The molecular formula is C16H17N5O3. The normalized spacial score (nSPS) is 14.2. The lowest BCUT2D eigenvalue weighted by Crippen LogP contribution is -2.47. The van der Waals surface area contributed by atoms with E-state index in [9.17, 15) is 14.4 Å². The molecule has 1 aliphatic heterocycles. The van der Waals surface area contributed by atoms with E-state index in [0.717, 1.165) is 10.4 Å². The Bertz CT molecular complexity index is 846. The van der Waals surface area contributed by atoms with Crippen LogP contribution in [0.4, 0.5) is 11.4 Å². The van der Waals surface area contributed by atoms with Crippen LogP contribution in [0.25, 0.3) is 0 Å². The van der Waals surface area contributed by atoms with E-state index in [0.29, 0.717) is 18.8 Å². The number of nitrogens with one attached hydrogen (secondary N) is 2. The molecule has 0 unspecified atom stereocenters. The summed E-state index contributed by atoms with van der Waals surface area (Å²) in [5.41, 5.74) is 1.22. The number of rotatable bonds is 3. The largest absolute Gasteiger partial charge is 0.359 e. The Balaban J connectivity index is 1.84. The minimum absolute atomic E-state index is 0.0536. The predicted molar refractivity (Wildman–Crippen MR) is 89.1 cm³/mol. The van der Waals surface area contributed by atoms with Gasteiger partial charge in [0.2, 0.25) is 5.91 Å². The molecule has 124 valence electrons. The molecule has 0 spiro atoms. The molecule has 0 aliphatic carbocycles. The molecule has 2 heterocycles. The quantitative estimate of drug-likeness (QED) is 0.825. The molecule has 0 bridgehead atoms. The van der Waals surface area contributed by atoms with Gasteiger partial charge in [-0.15, -0.1) is 0 Å². The molecule has 1 fully saturated rings. The van der Waals surface area contributed by atoms with E-state index in [4.69, 9.17) is 0 Å². The topological polar surface area (TPSA) is 96.3 Å². The van der Waals surface area contributed by atoms with Crippen molar-refractivity contribution in [3.8, 4) is 0 Å². The van der Waals surface area contributed by atoms with E-state index in [1.165, 1.54) is 19.2 Å². The van der Waals surface area contributed by atoms with Gasteiger partial charge in [-0.05, 0) is 18.2 Å². The summed E-state index contributed by atoms with van der Waals surface area (Å²) in [6, 6.07) is 9.95. The van der Waals surface area contributed by atoms with Crippen LogP contribution in [-0.4, -0.2) is 41.2 Å². The van der Waals surface area contributed by atoms with Crippen LogP contribution in [0.1, 0.15) is 10.5 Å². The number of carbonyl (C=O) groups excluding carboxylic acids is 2. The molecule has 1 aromatic carbocycles. The number of aryl methyl sites for hydroxylation is 1. The van der Waals surface area contributed by atoms with Gasteiger partial charge in [-0.25, -0.2) is 4.68 Å². The monoisotopic (exact) mass is 327 g/mol. The van der Waals surface area contributed by atoms with Crippen molar-refractivity contribution in [1.82, 2.24) is 15.1 Å². The molecule has 2 N–H and O–H groups in total. The molecule has 1 aliphatic rings.